The molecule has 4 rings (SSSR count). The molecule has 0 saturated heterocycles. The van der Waals surface area contributed by atoms with Crippen molar-refractivity contribution in [2.45, 2.75) is 36.4 Å². The summed E-state index contributed by atoms with van der Waals surface area (Å²) in [5, 5.41) is 19.5. The van der Waals surface area contributed by atoms with Crippen LogP contribution in [0.5, 0.6) is 17.5 Å². The average Bonchev–Trinajstić information content (AvgIpc) is 3.56. The van der Waals surface area contributed by atoms with Crippen molar-refractivity contribution in [3.63, 3.8) is 0 Å². The van der Waals surface area contributed by atoms with Crippen molar-refractivity contribution < 1.29 is 36.8 Å². The Kier molecular flexibility index (Phi) is 6.58. The van der Waals surface area contributed by atoms with Crippen molar-refractivity contribution in [3.05, 3.63) is 58.9 Å². The predicted molar refractivity (Wildman–Crippen MR) is 125 cm³/mol. The molecule has 1 amide bonds. The standard InChI is InChI=1S/C23H22F3N5O5S/c1-12-17(19(32)28-13-5-4-6-14(11-13)37(3,27)34)21(31-30-18(12)23(24,25)26)36-15-7-8-16(22(33)9-10-22)29-20(15)35-2/h4-8,11,27,33H,9-10H2,1-3H3,(H,28,32). The number of aliphatic hydroxyl groups is 1. The predicted octanol–water partition coefficient (Wildman–Crippen LogP) is 4.27. The van der Waals surface area contributed by atoms with Gasteiger partial charge in [-0.1, -0.05) is 6.07 Å². The van der Waals surface area contributed by atoms with Gasteiger partial charge in [0.05, 0.1) is 22.5 Å². The summed E-state index contributed by atoms with van der Waals surface area (Å²) in [6.07, 6.45) is -2.66. The van der Waals surface area contributed by atoms with Gasteiger partial charge in [0.1, 0.15) is 11.2 Å². The fourth-order valence-electron chi connectivity index (χ4n) is 3.51. The van der Waals surface area contributed by atoms with Crippen LogP contribution in [-0.2, 0) is 21.5 Å². The monoisotopic (exact) mass is 537 g/mol. The molecule has 0 radical (unpaired) electrons. The number of nitrogens with one attached hydrogen (secondary N) is 2. The van der Waals surface area contributed by atoms with Crippen LogP contribution in [-0.4, -0.2) is 43.8 Å². The first kappa shape index (κ1) is 26.3. The van der Waals surface area contributed by atoms with Crippen molar-refractivity contribution >= 4 is 21.3 Å². The van der Waals surface area contributed by atoms with Crippen molar-refractivity contribution in [3.8, 4) is 17.5 Å². The highest BCUT2D eigenvalue weighted by Gasteiger charge is 2.44. The normalized spacial score (nSPS) is 16.0. The van der Waals surface area contributed by atoms with Crippen LogP contribution in [0.2, 0.25) is 0 Å². The van der Waals surface area contributed by atoms with Crippen LogP contribution >= 0.6 is 0 Å². The minimum atomic E-state index is -4.90. The van der Waals surface area contributed by atoms with Gasteiger partial charge < -0.3 is 19.9 Å². The summed E-state index contributed by atoms with van der Waals surface area (Å²) in [4.78, 5) is 17.5. The molecule has 1 unspecified atom stereocenters. The van der Waals surface area contributed by atoms with Gasteiger partial charge in [0.15, 0.2) is 11.4 Å². The third kappa shape index (κ3) is 5.49. The summed E-state index contributed by atoms with van der Waals surface area (Å²) < 4.78 is 71.3. The number of halogens is 3. The second-order valence-electron chi connectivity index (χ2n) is 8.51. The molecule has 10 nitrogen and oxygen atoms in total. The summed E-state index contributed by atoms with van der Waals surface area (Å²) >= 11 is 0. The van der Waals surface area contributed by atoms with Gasteiger partial charge in [0, 0.05) is 16.8 Å². The lowest BCUT2D eigenvalue weighted by Gasteiger charge is -2.17. The molecule has 0 spiro atoms. The summed E-state index contributed by atoms with van der Waals surface area (Å²) in [6, 6.07) is 8.46. The van der Waals surface area contributed by atoms with E-state index in [1.165, 1.54) is 49.8 Å². The van der Waals surface area contributed by atoms with Gasteiger partial charge >= 0.3 is 6.18 Å². The first-order valence-corrected chi connectivity index (χ1v) is 12.7. The molecule has 1 aromatic carbocycles. The largest absolute Gasteiger partial charge is 0.478 e. The van der Waals surface area contributed by atoms with Crippen LogP contribution in [0.4, 0.5) is 18.9 Å². The minimum Gasteiger partial charge on any atom is -0.478 e. The maximum absolute atomic E-state index is 13.6. The Labute approximate surface area is 209 Å². The first-order valence-electron chi connectivity index (χ1n) is 10.8. The van der Waals surface area contributed by atoms with E-state index in [2.05, 4.69) is 20.5 Å². The van der Waals surface area contributed by atoms with E-state index in [0.29, 0.717) is 18.5 Å². The number of rotatable bonds is 7. The molecule has 2 heterocycles. The SMILES string of the molecule is COc1nc(C2(O)CC2)ccc1Oc1nnc(C(F)(F)F)c(C)c1C(=O)Nc1cccc(S(C)(=N)=O)c1. The van der Waals surface area contributed by atoms with Crippen LogP contribution in [0.25, 0.3) is 0 Å². The molecule has 14 heteroatoms. The van der Waals surface area contributed by atoms with Gasteiger partial charge in [0.2, 0.25) is 0 Å². The number of carbonyl (C=O) groups excluding carboxylic acids is 1. The number of methoxy groups -OCH3 is 1. The van der Waals surface area contributed by atoms with E-state index >= 15 is 0 Å². The number of aromatic nitrogens is 3. The number of amides is 1. The quantitative estimate of drug-likeness (QED) is 0.405. The molecule has 1 fully saturated rings. The molecule has 1 saturated carbocycles. The smallest absolute Gasteiger partial charge is 0.435 e. The molecule has 37 heavy (non-hydrogen) atoms. The fraction of sp³-hybridized carbons (Fsp3) is 0.304. The van der Waals surface area contributed by atoms with Crippen LogP contribution in [0.15, 0.2) is 41.3 Å². The number of pyridine rings is 1. The van der Waals surface area contributed by atoms with Crippen LogP contribution in [0.3, 0.4) is 0 Å². The third-order valence-electron chi connectivity index (χ3n) is 5.65. The van der Waals surface area contributed by atoms with Gasteiger partial charge in [-0.15, -0.1) is 10.2 Å². The molecule has 0 bridgehead atoms. The van der Waals surface area contributed by atoms with Gasteiger partial charge in [-0.05, 0) is 55.7 Å². The van der Waals surface area contributed by atoms with E-state index in [1.54, 1.807) is 0 Å². The molecule has 1 atom stereocenters. The summed E-state index contributed by atoms with van der Waals surface area (Å²) in [6.45, 7) is 1.06. The zero-order valence-corrected chi connectivity index (χ0v) is 20.7. The highest BCUT2D eigenvalue weighted by molar-refractivity contribution is 7.91. The maximum atomic E-state index is 13.6. The number of hydrogen-bond acceptors (Lipinski definition) is 9. The second kappa shape index (κ2) is 9.27. The highest BCUT2D eigenvalue weighted by Crippen LogP contribution is 2.46. The van der Waals surface area contributed by atoms with Crippen LogP contribution in [0.1, 0.15) is 40.2 Å². The lowest BCUT2D eigenvalue weighted by Crippen LogP contribution is -2.21. The number of nitrogens with zero attached hydrogens (tertiary/aromatic N) is 3. The van der Waals surface area contributed by atoms with E-state index in [4.69, 9.17) is 14.3 Å². The molecular weight excluding hydrogens is 515 g/mol. The van der Waals surface area contributed by atoms with E-state index in [0.717, 1.165) is 6.92 Å². The molecule has 0 aliphatic heterocycles. The van der Waals surface area contributed by atoms with E-state index in [1.807, 2.05) is 0 Å². The van der Waals surface area contributed by atoms with Crippen LogP contribution < -0.4 is 14.8 Å². The second-order valence-corrected chi connectivity index (χ2v) is 10.7. The summed E-state index contributed by atoms with van der Waals surface area (Å²) in [7, 11) is -1.82. The minimum absolute atomic E-state index is 0.0695. The Bertz CT molecular complexity index is 1490. The third-order valence-corrected chi connectivity index (χ3v) is 6.80. The Morgan fingerprint density at radius 2 is 1.89 bits per heavy atom. The van der Waals surface area contributed by atoms with Crippen molar-refractivity contribution in [1.29, 1.82) is 4.78 Å². The zero-order chi connectivity index (χ0) is 27.2. The zero-order valence-electron chi connectivity index (χ0n) is 19.8. The molecular formula is C23H22F3N5O5S. The number of hydrogen-bond donors (Lipinski definition) is 3. The molecule has 1 aliphatic rings. The number of alkyl halides is 3. The van der Waals surface area contributed by atoms with Gasteiger partial charge in [-0.25, -0.2) is 14.0 Å². The number of anilines is 1. The molecule has 196 valence electrons. The van der Waals surface area contributed by atoms with Gasteiger partial charge in [-0.2, -0.15) is 13.2 Å². The lowest BCUT2D eigenvalue weighted by atomic mass is 10.1. The Hall–Kier alpha value is -3.78. The highest BCUT2D eigenvalue weighted by atomic mass is 32.2. The summed E-state index contributed by atoms with van der Waals surface area (Å²) in [5.74, 6) is -1.70. The first-order chi connectivity index (χ1) is 17.2. The van der Waals surface area contributed by atoms with E-state index in [9.17, 15) is 27.3 Å². The Morgan fingerprint density at radius 3 is 2.49 bits per heavy atom. The van der Waals surface area contributed by atoms with Gasteiger partial charge in [-0.3, -0.25) is 4.79 Å². The molecule has 3 aromatic rings. The average molecular weight is 538 g/mol. The summed E-state index contributed by atoms with van der Waals surface area (Å²) in [5.41, 5.74) is -3.10. The Morgan fingerprint density at radius 1 is 1.19 bits per heavy atom. The molecule has 2 aromatic heterocycles. The fourth-order valence-corrected chi connectivity index (χ4v) is 4.20. The topological polar surface area (TPSA) is 147 Å². The van der Waals surface area contributed by atoms with Crippen molar-refractivity contribution in [2.75, 3.05) is 18.7 Å². The van der Waals surface area contributed by atoms with Crippen LogP contribution in [0, 0.1) is 11.7 Å². The maximum Gasteiger partial charge on any atom is 0.435 e. The van der Waals surface area contributed by atoms with Gasteiger partial charge in [0.25, 0.3) is 17.7 Å². The number of carbonyl (C=O) groups is 1. The lowest BCUT2D eigenvalue weighted by molar-refractivity contribution is -0.142. The van der Waals surface area contributed by atoms with Crippen molar-refractivity contribution in [1.82, 2.24) is 15.2 Å². The Balaban J connectivity index is 1.75. The molecule has 1 aliphatic carbocycles. The van der Waals surface area contributed by atoms with E-state index < -0.39 is 50.1 Å². The van der Waals surface area contributed by atoms with E-state index in [-0.39, 0.29) is 22.2 Å². The number of benzene rings is 1. The molecule has 3 N–H and O–H groups in total. The number of ether oxygens (including phenoxy) is 2. The van der Waals surface area contributed by atoms with Crippen molar-refractivity contribution in [2.24, 2.45) is 0 Å².